The zero-order chi connectivity index (χ0) is 21.0. The van der Waals surface area contributed by atoms with Gasteiger partial charge in [0, 0.05) is 5.69 Å². The van der Waals surface area contributed by atoms with Gasteiger partial charge in [-0.15, -0.1) is 0 Å². The number of aryl methyl sites for hydroxylation is 2. The Morgan fingerprint density at radius 1 is 1.17 bits per heavy atom. The average molecular weight is 421 g/mol. The van der Waals surface area contributed by atoms with Crippen molar-refractivity contribution in [1.29, 1.82) is 0 Å². The van der Waals surface area contributed by atoms with Crippen molar-refractivity contribution in [3.05, 3.63) is 59.4 Å². The molecule has 2 aromatic rings. The minimum absolute atomic E-state index is 0.0367. The van der Waals surface area contributed by atoms with Gasteiger partial charge < -0.3 is 10.2 Å². The molecule has 2 aromatic carbocycles. The Hall–Kier alpha value is -2.29. The molecule has 0 atom stereocenters. The highest BCUT2D eigenvalue weighted by atomic mass is 32.2. The van der Waals surface area contributed by atoms with E-state index >= 15 is 0 Å². The van der Waals surface area contributed by atoms with E-state index in [-0.39, 0.29) is 17.3 Å². The lowest BCUT2D eigenvalue weighted by Crippen LogP contribution is -3.15. The zero-order valence-corrected chi connectivity index (χ0v) is 17.6. The van der Waals surface area contributed by atoms with Crippen molar-refractivity contribution in [2.75, 3.05) is 38.0 Å². The third kappa shape index (κ3) is 5.01. The van der Waals surface area contributed by atoms with Crippen LogP contribution in [-0.2, 0) is 21.2 Å². The van der Waals surface area contributed by atoms with Gasteiger partial charge in [-0.3, -0.25) is 4.79 Å². The summed E-state index contributed by atoms with van der Waals surface area (Å²) in [5, 5.41) is 3.02. The van der Waals surface area contributed by atoms with E-state index < -0.39 is 15.8 Å². The second kappa shape index (κ2) is 9.02. The Morgan fingerprint density at radius 2 is 1.86 bits per heavy atom. The van der Waals surface area contributed by atoms with Crippen LogP contribution in [0.3, 0.4) is 0 Å². The van der Waals surface area contributed by atoms with Gasteiger partial charge >= 0.3 is 0 Å². The van der Waals surface area contributed by atoms with Crippen LogP contribution >= 0.6 is 0 Å². The number of hydrogen-bond donors (Lipinski definition) is 2. The predicted molar refractivity (Wildman–Crippen MR) is 110 cm³/mol. The maximum Gasteiger partial charge on any atom is 0.279 e. The Bertz CT molecular complexity index is 986. The smallest absolute Gasteiger partial charge is 0.279 e. The molecule has 0 unspecified atom stereocenters. The summed E-state index contributed by atoms with van der Waals surface area (Å²) in [4.78, 5) is 13.5. The molecule has 1 aliphatic heterocycles. The fourth-order valence-corrected chi connectivity index (χ4v) is 5.08. The maximum absolute atomic E-state index is 13.4. The highest BCUT2D eigenvalue weighted by Gasteiger charge is 2.31. The second-order valence-corrected chi connectivity index (χ2v) is 9.24. The SMILES string of the molecule is CCc1cccc(C)c1NC(=O)C[NH+]1CCN(S(=O)(=O)c2cccc(F)c2)CC1. The standard InChI is InChI=1S/C21H26FN3O3S/c1-3-17-7-4-6-16(2)21(17)23-20(26)15-24-10-12-25(13-11-24)29(27,28)19-9-5-8-18(22)14-19/h4-9,14H,3,10-13,15H2,1-2H3,(H,23,26)/p+1. The highest BCUT2D eigenvalue weighted by Crippen LogP contribution is 2.21. The summed E-state index contributed by atoms with van der Waals surface area (Å²) in [5.74, 6) is -0.653. The van der Waals surface area contributed by atoms with Crippen molar-refractivity contribution in [1.82, 2.24) is 4.31 Å². The number of benzene rings is 2. The van der Waals surface area contributed by atoms with Crippen LogP contribution in [-0.4, -0.2) is 51.4 Å². The molecule has 0 radical (unpaired) electrons. The number of nitrogens with zero attached hydrogens (tertiary/aromatic N) is 1. The molecule has 1 saturated heterocycles. The van der Waals surface area contributed by atoms with Gasteiger partial charge in [0.2, 0.25) is 10.0 Å². The number of rotatable bonds is 6. The zero-order valence-electron chi connectivity index (χ0n) is 16.7. The molecule has 2 N–H and O–H groups in total. The summed E-state index contributed by atoms with van der Waals surface area (Å²) in [6.45, 7) is 5.95. The van der Waals surface area contributed by atoms with Crippen LogP contribution in [0.5, 0.6) is 0 Å². The highest BCUT2D eigenvalue weighted by molar-refractivity contribution is 7.89. The monoisotopic (exact) mass is 420 g/mol. The molecule has 8 heteroatoms. The first-order valence-corrected chi connectivity index (χ1v) is 11.2. The number of nitrogens with one attached hydrogen (secondary N) is 2. The lowest BCUT2D eigenvalue weighted by atomic mass is 10.1. The second-order valence-electron chi connectivity index (χ2n) is 7.30. The number of sulfonamides is 1. The van der Waals surface area contributed by atoms with Crippen LogP contribution in [0.25, 0.3) is 0 Å². The van der Waals surface area contributed by atoms with Crippen molar-refractivity contribution in [2.45, 2.75) is 25.2 Å². The number of halogens is 1. The Kier molecular flexibility index (Phi) is 6.66. The van der Waals surface area contributed by atoms with E-state index in [1.807, 2.05) is 32.0 Å². The minimum atomic E-state index is -3.72. The summed E-state index contributed by atoms with van der Waals surface area (Å²) < 4.78 is 40.1. The summed E-state index contributed by atoms with van der Waals surface area (Å²) in [6, 6.07) is 11.0. The number of carbonyl (C=O) groups is 1. The normalized spacial score (nSPS) is 16.0. The molecule has 0 aromatic heterocycles. The van der Waals surface area contributed by atoms with Crippen LogP contribution in [0.2, 0.25) is 0 Å². The minimum Gasteiger partial charge on any atom is -0.325 e. The van der Waals surface area contributed by atoms with E-state index in [0.29, 0.717) is 26.2 Å². The molecule has 6 nitrogen and oxygen atoms in total. The van der Waals surface area contributed by atoms with Crippen LogP contribution in [0, 0.1) is 12.7 Å². The topological polar surface area (TPSA) is 70.9 Å². The number of piperazine rings is 1. The lowest BCUT2D eigenvalue weighted by Gasteiger charge is -2.31. The van der Waals surface area contributed by atoms with Crippen molar-refractivity contribution in [3.63, 3.8) is 0 Å². The molecule has 0 bridgehead atoms. The van der Waals surface area contributed by atoms with Crippen LogP contribution in [0.1, 0.15) is 18.1 Å². The summed E-state index contributed by atoms with van der Waals surface area (Å²) in [5.41, 5.74) is 2.99. The first-order valence-electron chi connectivity index (χ1n) is 9.79. The fourth-order valence-electron chi connectivity index (χ4n) is 3.61. The van der Waals surface area contributed by atoms with Crippen molar-refractivity contribution in [3.8, 4) is 0 Å². The van der Waals surface area contributed by atoms with E-state index in [1.165, 1.54) is 22.5 Å². The van der Waals surface area contributed by atoms with Gasteiger partial charge in [-0.1, -0.05) is 31.2 Å². The molecular weight excluding hydrogens is 393 g/mol. The number of hydrogen-bond acceptors (Lipinski definition) is 3. The molecule has 1 fully saturated rings. The van der Waals surface area contributed by atoms with Gasteiger partial charge in [-0.2, -0.15) is 4.31 Å². The molecule has 3 rings (SSSR count). The lowest BCUT2D eigenvalue weighted by molar-refractivity contribution is -0.895. The Labute approximate surface area is 171 Å². The first kappa shape index (κ1) is 21.4. The van der Waals surface area contributed by atoms with E-state index in [0.717, 1.165) is 34.2 Å². The third-order valence-electron chi connectivity index (χ3n) is 5.28. The van der Waals surface area contributed by atoms with E-state index in [9.17, 15) is 17.6 Å². The summed E-state index contributed by atoms with van der Waals surface area (Å²) in [7, 11) is -3.72. The Morgan fingerprint density at radius 3 is 2.52 bits per heavy atom. The average Bonchev–Trinajstić information content (AvgIpc) is 2.70. The fraction of sp³-hybridized carbons (Fsp3) is 0.381. The van der Waals surface area contributed by atoms with Gasteiger partial charge in [0.15, 0.2) is 6.54 Å². The largest absolute Gasteiger partial charge is 0.325 e. The molecule has 0 aliphatic carbocycles. The Balaban J connectivity index is 1.58. The van der Waals surface area contributed by atoms with Crippen molar-refractivity contribution < 1.29 is 22.5 Å². The number of amides is 1. The molecule has 0 saturated carbocycles. The molecule has 156 valence electrons. The van der Waals surface area contributed by atoms with Crippen molar-refractivity contribution >= 4 is 21.6 Å². The number of para-hydroxylation sites is 1. The van der Waals surface area contributed by atoms with Gasteiger partial charge in [-0.05, 0) is 42.7 Å². The predicted octanol–water partition coefficient (Wildman–Crippen LogP) is 1.22. The summed E-state index contributed by atoms with van der Waals surface area (Å²) >= 11 is 0. The van der Waals surface area contributed by atoms with Gasteiger partial charge in [0.25, 0.3) is 5.91 Å². The molecule has 0 spiro atoms. The van der Waals surface area contributed by atoms with Crippen molar-refractivity contribution in [2.24, 2.45) is 0 Å². The van der Waals surface area contributed by atoms with Gasteiger partial charge in [-0.25, -0.2) is 12.8 Å². The van der Waals surface area contributed by atoms with Crippen LogP contribution in [0.15, 0.2) is 47.4 Å². The van der Waals surface area contributed by atoms with Crippen LogP contribution < -0.4 is 10.2 Å². The quantitative estimate of drug-likeness (QED) is 0.738. The number of anilines is 1. The first-order chi connectivity index (χ1) is 13.8. The van der Waals surface area contributed by atoms with E-state index in [1.54, 1.807) is 0 Å². The van der Waals surface area contributed by atoms with E-state index in [4.69, 9.17) is 0 Å². The number of quaternary nitrogens is 1. The third-order valence-corrected chi connectivity index (χ3v) is 7.17. The van der Waals surface area contributed by atoms with Crippen LogP contribution in [0.4, 0.5) is 10.1 Å². The molecule has 1 heterocycles. The van der Waals surface area contributed by atoms with Gasteiger partial charge in [0.05, 0.1) is 31.1 Å². The summed E-state index contributed by atoms with van der Waals surface area (Å²) in [6.07, 6.45) is 0.834. The maximum atomic E-state index is 13.4. The van der Waals surface area contributed by atoms with E-state index in [2.05, 4.69) is 5.32 Å². The van der Waals surface area contributed by atoms with Gasteiger partial charge in [0.1, 0.15) is 5.82 Å². The molecular formula is C21H27FN3O3S+. The molecule has 1 aliphatic rings. The molecule has 29 heavy (non-hydrogen) atoms. The number of carbonyl (C=O) groups excluding carboxylic acids is 1. The molecule has 1 amide bonds.